The number of hydrogen-bond acceptors (Lipinski definition) is 3. The summed E-state index contributed by atoms with van der Waals surface area (Å²) in [5.41, 5.74) is 1.13. The molecule has 0 amide bonds. The van der Waals surface area contributed by atoms with E-state index >= 15 is 0 Å². The number of ether oxygens (including phenoxy) is 1. The number of carboxylic acid groups (broad SMARTS) is 1. The number of benzene rings is 2. The van der Waals surface area contributed by atoms with Crippen molar-refractivity contribution in [2.24, 2.45) is 5.92 Å². The predicted octanol–water partition coefficient (Wildman–Crippen LogP) is 3.59. The zero-order chi connectivity index (χ0) is 17.7. The van der Waals surface area contributed by atoms with Gasteiger partial charge in [0.1, 0.15) is 11.6 Å². The fourth-order valence-corrected chi connectivity index (χ4v) is 2.50. The highest BCUT2D eigenvalue weighted by atomic mass is 19.1. The molecule has 5 heteroatoms. The van der Waals surface area contributed by atoms with Gasteiger partial charge in [0.05, 0.1) is 18.1 Å². The number of aliphatic hydroxyl groups excluding tert-OH is 1. The van der Waals surface area contributed by atoms with Crippen LogP contribution in [-0.2, 0) is 11.2 Å². The van der Waals surface area contributed by atoms with E-state index in [0.29, 0.717) is 11.3 Å². The summed E-state index contributed by atoms with van der Waals surface area (Å²) in [7, 11) is 0. The van der Waals surface area contributed by atoms with E-state index in [1.807, 2.05) is 13.8 Å². The van der Waals surface area contributed by atoms with Crippen LogP contribution in [0, 0.1) is 11.7 Å². The Morgan fingerprint density at radius 1 is 1.17 bits per heavy atom. The third-order valence-electron chi connectivity index (χ3n) is 3.64. The smallest absolute Gasteiger partial charge is 0.309 e. The molecule has 0 aliphatic heterocycles. The zero-order valence-electron chi connectivity index (χ0n) is 13.6. The molecule has 0 aromatic heterocycles. The maximum absolute atomic E-state index is 13.0. The maximum atomic E-state index is 13.0. The van der Waals surface area contributed by atoms with Crippen LogP contribution >= 0.6 is 0 Å². The molecule has 2 N–H and O–H groups in total. The molecule has 0 saturated carbocycles. The highest BCUT2D eigenvalue weighted by molar-refractivity contribution is 5.71. The number of carboxylic acids is 1. The molecule has 0 aliphatic rings. The molecule has 24 heavy (non-hydrogen) atoms. The third-order valence-corrected chi connectivity index (χ3v) is 3.64. The molecule has 0 spiro atoms. The summed E-state index contributed by atoms with van der Waals surface area (Å²) >= 11 is 0. The fourth-order valence-electron chi connectivity index (χ4n) is 2.50. The van der Waals surface area contributed by atoms with Gasteiger partial charge in [-0.3, -0.25) is 4.79 Å². The van der Waals surface area contributed by atoms with Crippen molar-refractivity contribution in [2.75, 3.05) is 0 Å². The standard InChI is InChI=1S/C19H21FO4/c1-12(2)24-16-5-3-4-13(10-16)11-17(19(22)23)18(21)14-6-8-15(20)9-7-14/h3-10,12,17-18,21H,11H2,1-2H3,(H,22,23). The maximum Gasteiger partial charge on any atom is 0.309 e. The monoisotopic (exact) mass is 332 g/mol. The van der Waals surface area contributed by atoms with Gasteiger partial charge in [0, 0.05) is 0 Å². The molecule has 0 aliphatic carbocycles. The van der Waals surface area contributed by atoms with E-state index in [9.17, 15) is 19.4 Å². The molecule has 0 bridgehead atoms. The van der Waals surface area contributed by atoms with Crippen LogP contribution in [0.3, 0.4) is 0 Å². The number of carbonyl (C=O) groups is 1. The van der Waals surface area contributed by atoms with Gasteiger partial charge >= 0.3 is 5.97 Å². The number of halogens is 1. The Morgan fingerprint density at radius 3 is 2.42 bits per heavy atom. The minimum atomic E-state index is -1.22. The molecule has 128 valence electrons. The van der Waals surface area contributed by atoms with Crippen molar-refractivity contribution in [1.29, 1.82) is 0 Å². The lowest BCUT2D eigenvalue weighted by atomic mass is 9.90. The highest BCUT2D eigenvalue weighted by Gasteiger charge is 2.28. The molecule has 4 nitrogen and oxygen atoms in total. The van der Waals surface area contributed by atoms with E-state index in [0.717, 1.165) is 5.56 Å². The third kappa shape index (κ3) is 4.80. The summed E-state index contributed by atoms with van der Waals surface area (Å²) in [6, 6.07) is 12.4. The van der Waals surface area contributed by atoms with E-state index in [4.69, 9.17) is 4.74 Å². The van der Waals surface area contributed by atoms with E-state index in [2.05, 4.69) is 0 Å². The van der Waals surface area contributed by atoms with Crippen molar-refractivity contribution >= 4 is 5.97 Å². The van der Waals surface area contributed by atoms with Crippen LogP contribution in [0.15, 0.2) is 48.5 Å². The lowest BCUT2D eigenvalue weighted by Gasteiger charge is -2.20. The summed E-state index contributed by atoms with van der Waals surface area (Å²) in [5.74, 6) is -1.92. The second-order valence-electron chi connectivity index (χ2n) is 5.96. The quantitative estimate of drug-likeness (QED) is 0.813. The molecule has 2 atom stereocenters. The Bertz CT molecular complexity index is 682. The van der Waals surface area contributed by atoms with Gasteiger partial charge < -0.3 is 14.9 Å². The minimum absolute atomic E-state index is 0.0142. The predicted molar refractivity (Wildman–Crippen MR) is 88.4 cm³/mol. The van der Waals surface area contributed by atoms with Gasteiger partial charge in [-0.25, -0.2) is 4.39 Å². The topological polar surface area (TPSA) is 66.8 Å². The number of aliphatic hydroxyl groups is 1. The first-order valence-corrected chi connectivity index (χ1v) is 7.78. The Morgan fingerprint density at radius 2 is 1.83 bits per heavy atom. The van der Waals surface area contributed by atoms with E-state index in [-0.39, 0.29) is 12.5 Å². The molecular weight excluding hydrogens is 311 g/mol. The lowest BCUT2D eigenvalue weighted by molar-refractivity contribution is -0.145. The van der Waals surface area contributed by atoms with E-state index in [1.165, 1.54) is 24.3 Å². The first-order chi connectivity index (χ1) is 11.4. The van der Waals surface area contributed by atoms with Crippen LogP contribution in [0.25, 0.3) is 0 Å². The molecule has 0 heterocycles. The van der Waals surface area contributed by atoms with Crippen LogP contribution < -0.4 is 4.74 Å². The summed E-state index contributed by atoms with van der Waals surface area (Å²) in [5, 5.41) is 19.9. The van der Waals surface area contributed by atoms with Crippen molar-refractivity contribution < 1.29 is 24.1 Å². The van der Waals surface area contributed by atoms with Crippen LogP contribution in [0.2, 0.25) is 0 Å². The molecule has 0 radical (unpaired) electrons. The zero-order valence-corrected chi connectivity index (χ0v) is 13.6. The van der Waals surface area contributed by atoms with Crippen molar-refractivity contribution in [2.45, 2.75) is 32.5 Å². The number of hydrogen-bond donors (Lipinski definition) is 2. The molecule has 0 saturated heterocycles. The Balaban J connectivity index is 2.19. The van der Waals surface area contributed by atoms with Crippen LogP contribution in [-0.4, -0.2) is 22.3 Å². The van der Waals surface area contributed by atoms with Gasteiger partial charge in [0.25, 0.3) is 0 Å². The summed E-state index contributed by atoms with van der Waals surface area (Å²) in [4.78, 5) is 11.6. The fraction of sp³-hybridized carbons (Fsp3) is 0.316. The summed E-state index contributed by atoms with van der Waals surface area (Å²) in [6.45, 7) is 3.82. The lowest BCUT2D eigenvalue weighted by Crippen LogP contribution is -2.24. The van der Waals surface area contributed by atoms with E-state index < -0.39 is 23.8 Å². The molecule has 2 rings (SSSR count). The number of rotatable bonds is 7. The second kappa shape index (κ2) is 7.93. The van der Waals surface area contributed by atoms with Crippen molar-refractivity contribution in [1.82, 2.24) is 0 Å². The largest absolute Gasteiger partial charge is 0.491 e. The molecular formula is C19H21FO4. The summed E-state index contributed by atoms with van der Waals surface area (Å²) in [6.07, 6.45) is -1.07. The molecule has 2 aromatic carbocycles. The van der Waals surface area contributed by atoms with Crippen LogP contribution in [0.5, 0.6) is 5.75 Å². The van der Waals surface area contributed by atoms with Gasteiger partial charge in [-0.1, -0.05) is 24.3 Å². The van der Waals surface area contributed by atoms with Crippen molar-refractivity contribution in [3.63, 3.8) is 0 Å². The highest BCUT2D eigenvalue weighted by Crippen LogP contribution is 2.27. The summed E-state index contributed by atoms with van der Waals surface area (Å²) < 4.78 is 18.6. The normalized spacial score (nSPS) is 13.5. The number of aliphatic carboxylic acids is 1. The Kier molecular flexibility index (Phi) is 5.93. The minimum Gasteiger partial charge on any atom is -0.491 e. The SMILES string of the molecule is CC(C)Oc1cccc(CC(C(=O)O)C(O)c2ccc(F)cc2)c1. The van der Waals surface area contributed by atoms with Crippen molar-refractivity contribution in [3.8, 4) is 5.75 Å². The average molecular weight is 332 g/mol. The van der Waals surface area contributed by atoms with Gasteiger partial charge in [-0.15, -0.1) is 0 Å². The second-order valence-corrected chi connectivity index (χ2v) is 5.96. The van der Waals surface area contributed by atoms with Crippen LogP contribution in [0.4, 0.5) is 4.39 Å². The Hall–Kier alpha value is -2.40. The van der Waals surface area contributed by atoms with E-state index in [1.54, 1.807) is 24.3 Å². The van der Waals surface area contributed by atoms with Gasteiger partial charge in [-0.05, 0) is 55.7 Å². The average Bonchev–Trinajstić information content (AvgIpc) is 2.52. The van der Waals surface area contributed by atoms with Gasteiger partial charge in [-0.2, -0.15) is 0 Å². The Labute approximate surface area is 140 Å². The first-order valence-electron chi connectivity index (χ1n) is 7.78. The van der Waals surface area contributed by atoms with Crippen LogP contribution in [0.1, 0.15) is 31.1 Å². The van der Waals surface area contributed by atoms with Crippen molar-refractivity contribution in [3.05, 3.63) is 65.5 Å². The van der Waals surface area contributed by atoms with Gasteiger partial charge in [0.15, 0.2) is 0 Å². The molecule has 2 aromatic rings. The molecule has 2 unspecified atom stereocenters. The first kappa shape index (κ1) is 17.9. The molecule has 0 fully saturated rings. The van der Waals surface area contributed by atoms with Gasteiger partial charge in [0.2, 0.25) is 0 Å².